The van der Waals surface area contributed by atoms with Gasteiger partial charge < -0.3 is 10.1 Å². The summed E-state index contributed by atoms with van der Waals surface area (Å²) < 4.78 is 40.0. The second-order valence-electron chi connectivity index (χ2n) is 5.42. The van der Waals surface area contributed by atoms with Crippen molar-refractivity contribution in [2.75, 3.05) is 25.1 Å². The van der Waals surface area contributed by atoms with Gasteiger partial charge in [-0.2, -0.15) is 13.2 Å². The fourth-order valence-electron chi connectivity index (χ4n) is 1.54. The number of ether oxygens (including phenoxy) is 1. The zero-order valence-electron chi connectivity index (χ0n) is 11.5. The van der Waals surface area contributed by atoms with Gasteiger partial charge in [-0.15, -0.1) is 0 Å². The lowest BCUT2D eigenvalue weighted by atomic mass is 9.87. The molecule has 0 fully saturated rings. The Hall–Kier alpha value is -1.23. The maximum absolute atomic E-state index is 11.8. The average molecular weight is 275 g/mol. The molecule has 0 bridgehead atoms. The summed E-state index contributed by atoms with van der Waals surface area (Å²) in [6.45, 7) is 5.56. The summed E-state index contributed by atoms with van der Waals surface area (Å²) >= 11 is 0. The summed E-state index contributed by atoms with van der Waals surface area (Å²) in [5, 5.41) is 3.02. The first kappa shape index (κ1) is 15.8. The Labute approximate surface area is 112 Å². The first-order valence-electron chi connectivity index (χ1n) is 6.17. The molecule has 0 radical (unpaired) electrons. The van der Waals surface area contributed by atoms with Crippen LogP contribution in [0.25, 0.3) is 0 Å². The standard InChI is InChI=1S/C14H20F3NO/c1-13(2,3)11-4-6-12(7-5-11)18-8-9-19-10-14(15,16)17/h4-7,18H,8-10H2,1-3H3. The SMILES string of the molecule is CC(C)(C)c1ccc(NCCOCC(F)(F)F)cc1. The largest absolute Gasteiger partial charge is 0.411 e. The Kier molecular flexibility index (Phi) is 5.23. The van der Waals surface area contributed by atoms with Crippen molar-refractivity contribution in [3.63, 3.8) is 0 Å². The molecule has 0 saturated heterocycles. The van der Waals surface area contributed by atoms with Crippen LogP contribution in [0.2, 0.25) is 0 Å². The van der Waals surface area contributed by atoms with Crippen LogP contribution in [0.4, 0.5) is 18.9 Å². The van der Waals surface area contributed by atoms with Gasteiger partial charge in [0, 0.05) is 12.2 Å². The van der Waals surface area contributed by atoms with Crippen molar-refractivity contribution in [1.82, 2.24) is 0 Å². The van der Waals surface area contributed by atoms with Crippen LogP contribution in [0.5, 0.6) is 0 Å². The van der Waals surface area contributed by atoms with Crippen LogP contribution in [0, 0.1) is 0 Å². The lowest BCUT2D eigenvalue weighted by molar-refractivity contribution is -0.172. The van der Waals surface area contributed by atoms with E-state index in [0.717, 1.165) is 5.69 Å². The Morgan fingerprint density at radius 1 is 1.05 bits per heavy atom. The summed E-state index contributed by atoms with van der Waals surface area (Å²) in [6, 6.07) is 7.87. The summed E-state index contributed by atoms with van der Waals surface area (Å²) in [5.74, 6) is 0. The Morgan fingerprint density at radius 3 is 2.11 bits per heavy atom. The Morgan fingerprint density at radius 2 is 1.63 bits per heavy atom. The molecular formula is C14H20F3NO. The van der Waals surface area contributed by atoms with Crippen molar-refractivity contribution in [3.05, 3.63) is 29.8 Å². The van der Waals surface area contributed by atoms with E-state index in [4.69, 9.17) is 0 Å². The molecule has 0 saturated carbocycles. The van der Waals surface area contributed by atoms with Crippen LogP contribution >= 0.6 is 0 Å². The first-order chi connectivity index (χ1) is 8.68. The maximum Gasteiger partial charge on any atom is 0.411 e. The quantitative estimate of drug-likeness (QED) is 0.821. The highest BCUT2D eigenvalue weighted by Crippen LogP contribution is 2.23. The molecule has 0 spiro atoms. The number of halogens is 3. The smallest absolute Gasteiger partial charge is 0.383 e. The zero-order valence-corrected chi connectivity index (χ0v) is 11.5. The van der Waals surface area contributed by atoms with Crippen molar-refractivity contribution in [3.8, 4) is 0 Å². The lowest BCUT2D eigenvalue weighted by Gasteiger charge is -2.19. The molecule has 108 valence electrons. The van der Waals surface area contributed by atoms with E-state index in [-0.39, 0.29) is 12.0 Å². The predicted octanol–water partition coefficient (Wildman–Crippen LogP) is 3.97. The maximum atomic E-state index is 11.8. The van der Waals surface area contributed by atoms with Crippen molar-refractivity contribution >= 4 is 5.69 Å². The molecule has 1 N–H and O–H groups in total. The van der Waals surface area contributed by atoms with Crippen molar-refractivity contribution in [1.29, 1.82) is 0 Å². The van der Waals surface area contributed by atoms with Crippen LogP contribution in [0.15, 0.2) is 24.3 Å². The van der Waals surface area contributed by atoms with E-state index in [9.17, 15) is 13.2 Å². The highest BCUT2D eigenvalue weighted by Gasteiger charge is 2.27. The van der Waals surface area contributed by atoms with Crippen molar-refractivity contribution in [2.24, 2.45) is 0 Å². The van der Waals surface area contributed by atoms with Gasteiger partial charge in [-0.1, -0.05) is 32.9 Å². The number of hydrogen-bond donors (Lipinski definition) is 1. The molecular weight excluding hydrogens is 255 g/mol. The predicted molar refractivity (Wildman–Crippen MR) is 70.5 cm³/mol. The molecule has 5 heteroatoms. The zero-order chi connectivity index (χ0) is 14.5. The molecule has 0 unspecified atom stereocenters. The normalized spacial score (nSPS) is 12.5. The third-order valence-electron chi connectivity index (χ3n) is 2.59. The van der Waals surface area contributed by atoms with E-state index in [1.807, 2.05) is 24.3 Å². The van der Waals surface area contributed by atoms with Crippen molar-refractivity contribution < 1.29 is 17.9 Å². The van der Waals surface area contributed by atoms with Crippen molar-refractivity contribution in [2.45, 2.75) is 32.4 Å². The van der Waals surface area contributed by atoms with E-state index < -0.39 is 12.8 Å². The average Bonchev–Trinajstić information content (AvgIpc) is 2.26. The monoisotopic (exact) mass is 275 g/mol. The Bertz CT molecular complexity index is 379. The highest BCUT2D eigenvalue weighted by atomic mass is 19.4. The minimum absolute atomic E-state index is 0.0283. The van der Waals surface area contributed by atoms with E-state index in [1.54, 1.807) is 0 Å². The van der Waals surface area contributed by atoms with E-state index in [1.165, 1.54) is 5.56 Å². The highest BCUT2D eigenvalue weighted by molar-refractivity contribution is 5.45. The molecule has 0 aliphatic rings. The fourth-order valence-corrected chi connectivity index (χ4v) is 1.54. The van der Waals surface area contributed by atoms with E-state index in [2.05, 4.69) is 30.8 Å². The number of hydrogen-bond acceptors (Lipinski definition) is 2. The summed E-state index contributed by atoms with van der Waals surface area (Å²) in [4.78, 5) is 0. The third-order valence-corrected chi connectivity index (χ3v) is 2.59. The number of nitrogens with one attached hydrogen (secondary N) is 1. The van der Waals surface area contributed by atoms with Crippen LogP contribution in [-0.4, -0.2) is 25.9 Å². The van der Waals surface area contributed by atoms with Gasteiger partial charge in [-0.25, -0.2) is 0 Å². The summed E-state index contributed by atoms with van der Waals surface area (Å²) in [7, 11) is 0. The molecule has 1 aromatic rings. The van der Waals surface area contributed by atoms with Crippen LogP contribution < -0.4 is 5.32 Å². The molecule has 0 amide bonds. The van der Waals surface area contributed by atoms with Gasteiger partial charge in [0.1, 0.15) is 6.61 Å². The molecule has 0 aliphatic heterocycles. The second kappa shape index (κ2) is 6.28. The van der Waals surface area contributed by atoms with Gasteiger partial charge >= 0.3 is 6.18 Å². The topological polar surface area (TPSA) is 21.3 Å². The molecule has 19 heavy (non-hydrogen) atoms. The van der Waals surface area contributed by atoms with Gasteiger partial charge in [0.25, 0.3) is 0 Å². The van der Waals surface area contributed by atoms with Gasteiger partial charge in [0.15, 0.2) is 0 Å². The van der Waals surface area contributed by atoms with Gasteiger partial charge in [0.05, 0.1) is 6.61 Å². The van der Waals surface area contributed by atoms with Crippen LogP contribution in [-0.2, 0) is 10.2 Å². The van der Waals surface area contributed by atoms with E-state index in [0.29, 0.717) is 6.54 Å². The lowest BCUT2D eigenvalue weighted by Crippen LogP contribution is -2.20. The molecule has 0 heterocycles. The number of benzene rings is 1. The summed E-state index contributed by atoms with van der Waals surface area (Å²) in [6.07, 6.45) is -4.26. The van der Waals surface area contributed by atoms with Gasteiger partial charge in [0.2, 0.25) is 0 Å². The number of alkyl halides is 3. The molecule has 1 rings (SSSR count). The molecule has 0 atom stereocenters. The van der Waals surface area contributed by atoms with Crippen LogP contribution in [0.3, 0.4) is 0 Å². The first-order valence-corrected chi connectivity index (χ1v) is 6.17. The number of rotatable bonds is 5. The summed E-state index contributed by atoms with van der Waals surface area (Å²) in [5.41, 5.74) is 2.18. The molecule has 0 aromatic heterocycles. The Balaban J connectivity index is 2.31. The number of anilines is 1. The van der Waals surface area contributed by atoms with E-state index >= 15 is 0 Å². The van der Waals surface area contributed by atoms with Crippen LogP contribution in [0.1, 0.15) is 26.3 Å². The second-order valence-corrected chi connectivity index (χ2v) is 5.42. The molecule has 2 nitrogen and oxygen atoms in total. The molecule has 0 aliphatic carbocycles. The minimum atomic E-state index is -4.26. The molecule has 1 aromatic carbocycles. The fraction of sp³-hybridized carbons (Fsp3) is 0.571. The minimum Gasteiger partial charge on any atom is -0.383 e. The van der Waals surface area contributed by atoms with Gasteiger partial charge in [-0.3, -0.25) is 0 Å². The van der Waals surface area contributed by atoms with Gasteiger partial charge in [-0.05, 0) is 23.1 Å². The third kappa shape index (κ3) is 6.47.